The Balaban J connectivity index is 0.808. The van der Waals surface area contributed by atoms with Gasteiger partial charge in [0.15, 0.2) is 0 Å². The van der Waals surface area contributed by atoms with Gasteiger partial charge in [0, 0.05) is 0 Å². The highest BCUT2D eigenvalue weighted by Gasteiger charge is 2.22. The predicted octanol–water partition coefficient (Wildman–Crippen LogP) is 16.4. The molecule has 0 N–H and O–H groups in total. The molecule has 0 bridgehead atoms. The molecule has 0 nitrogen and oxygen atoms in total. The quantitative estimate of drug-likeness (QED) is 0.153. The summed E-state index contributed by atoms with van der Waals surface area (Å²) in [4.78, 5) is 0. The molecule has 286 valence electrons. The second-order valence-electron chi connectivity index (χ2n) is 17.2. The van der Waals surface area contributed by atoms with E-state index in [-0.39, 0.29) is 0 Å². The summed E-state index contributed by atoms with van der Waals surface area (Å²) in [6, 6.07) is 59.4. The minimum Gasteiger partial charge on any atom is -0.0836 e. The van der Waals surface area contributed by atoms with Gasteiger partial charge in [0.25, 0.3) is 0 Å². The summed E-state index contributed by atoms with van der Waals surface area (Å²) in [5.41, 5.74) is 19.5. The first kappa shape index (κ1) is 35.2. The fourth-order valence-electron chi connectivity index (χ4n) is 10.8. The van der Waals surface area contributed by atoms with E-state index in [4.69, 9.17) is 0 Å². The van der Waals surface area contributed by atoms with Crippen LogP contribution in [0.4, 0.5) is 0 Å². The van der Waals surface area contributed by atoms with Crippen LogP contribution in [0.3, 0.4) is 0 Å². The average Bonchev–Trinajstić information content (AvgIpc) is 3.34. The Kier molecular flexibility index (Phi) is 8.51. The van der Waals surface area contributed by atoms with E-state index in [9.17, 15) is 0 Å². The van der Waals surface area contributed by atoms with Crippen molar-refractivity contribution < 1.29 is 0 Å². The molecule has 0 aromatic heterocycles. The Morgan fingerprint density at radius 3 is 1.43 bits per heavy atom. The molecule has 0 amide bonds. The predicted molar refractivity (Wildman–Crippen MR) is 258 cm³/mol. The van der Waals surface area contributed by atoms with Gasteiger partial charge >= 0.3 is 0 Å². The molecule has 0 heteroatoms. The molecule has 3 aliphatic rings. The molecule has 3 aliphatic carbocycles. The van der Waals surface area contributed by atoms with Crippen LogP contribution in [0.15, 0.2) is 176 Å². The number of benzene rings is 9. The van der Waals surface area contributed by atoms with Crippen molar-refractivity contribution in [2.75, 3.05) is 0 Å². The van der Waals surface area contributed by atoms with Crippen molar-refractivity contribution in [2.45, 2.75) is 51.4 Å². The minimum atomic E-state index is 1.03. The molecule has 60 heavy (non-hydrogen) atoms. The van der Waals surface area contributed by atoms with Gasteiger partial charge in [-0.05, 0) is 197 Å². The lowest BCUT2D eigenvalue weighted by Crippen LogP contribution is -2.11. The van der Waals surface area contributed by atoms with Crippen LogP contribution in [-0.4, -0.2) is 0 Å². The Labute approximate surface area is 352 Å². The van der Waals surface area contributed by atoms with E-state index in [1.807, 2.05) is 0 Å². The molecule has 0 atom stereocenters. The third kappa shape index (κ3) is 5.97. The molecule has 9 aromatic carbocycles. The maximum Gasteiger partial charge on any atom is -0.00928 e. The molecule has 0 aliphatic heterocycles. The van der Waals surface area contributed by atoms with Gasteiger partial charge in [-0.15, -0.1) is 0 Å². The molecule has 0 heterocycles. The first-order chi connectivity index (χ1) is 29.7. The third-order valence-electron chi connectivity index (χ3n) is 13.9. The maximum absolute atomic E-state index is 2.49. The molecular formula is C60H46. The van der Waals surface area contributed by atoms with Crippen LogP contribution >= 0.6 is 0 Å². The fraction of sp³-hybridized carbons (Fsp3) is 0.133. The first-order valence-corrected chi connectivity index (χ1v) is 22.1. The zero-order valence-electron chi connectivity index (χ0n) is 34.0. The molecule has 12 rings (SSSR count). The average molecular weight is 767 g/mol. The number of aryl methyl sites for hydroxylation is 1. The van der Waals surface area contributed by atoms with Crippen molar-refractivity contribution in [3.63, 3.8) is 0 Å². The van der Waals surface area contributed by atoms with Crippen molar-refractivity contribution in [3.05, 3.63) is 209 Å². The normalized spacial score (nSPS) is 14.9. The summed E-state index contributed by atoms with van der Waals surface area (Å²) in [7, 11) is 0. The van der Waals surface area contributed by atoms with Gasteiger partial charge in [-0.25, -0.2) is 0 Å². The molecule has 0 saturated carbocycles. The standard InChI is InChI=1S/C60H46/c1-3-19-53-49(15-1)51-17-5-7-21-55(51)59-37-47(31-33-57(53)59)45-13-9-11-43(35-45)41-27-23-39(24-28-41)40-25-29-42(30-26-40)44-12-10-14-46(36-44)48-32-34-58-54-20-4-2-16-50(54)52-18-6-8-22-56(52)60(58)38-48/h1,3-5,7,9-15,17,19-21,23,25-27,29-38H,2,6,8,16,18,22,24,28H2. The Morgan fingerprint density at radius 1 is 0.283 bits per heavy atom. The zero-order valence-corrected chi connectivity index (χ0v) is 34.0. The van der Waals surface area contributed by atoms with Gasteiger partial charge in [-0.2, -0.15) is 0 Å². The molecular weight excluding hydrogens is 721 g/mol. The van der Waals surface area contributed by atoms with Crippen molar-refractivity contribution in [1.29, 1.82) is 0 Å². The van der Waals surface area contributed by atoms with Crippen LogP contribution in [-0.2, 0) is 19.3 Å². The Morgan fingerprint density at radius 2 is 0.767 bits per heavy atom. The second-order valence-corrected chi connectivity index (χ2v) is 17.2. The molecule has 0 unspecified atom stereocenters. The summed E-state index contributed by atoms with van der Waals surface area (Å²) in [5.74, 6) is 0. The van der Waals surface area contributed by atoms with Crippen LogP contribution in [0.2, 0.25) is 0 Å². The SMILES string of the molecule is C1=Cc2c(c3c(c4cc(-c5cccc(-c6ccc(C7=CC=C(c8cccc(-c9ccc%10c%11ccccc%11c%11ccccc%11c%10c9)c8)CC7)cc6)c5)ccc24)CCCC3)CC1. The van der Waals surface area contributed by atoms with E-state index in [2.05, 4.69) is 182 Å². The zero-order chi connectivity index (χ0) is 39.6. The Hall–Kier alpha value is -6.76. The van der Waals surface area contributed by atoms with Gasteiger partial charge in [0.2, 0.25) is 0 Å². The number of allylic oxidation sites excluding steroid dienone is 5. The van der Waals surface area contributed by atoms with E-state index in [1.165, 1.54) is 143 Å². The van der Waals surface area contributed by atoms with E-state index >= 15 is 0 Å². The summed E-state index contributed by atoms with van der Waals surface area (Å²) >= 11 is 0. The highest BCUT2D eigenvalue weighted by atomic mass is 14.3. The van der Waals surface area contributed by atoms with E-state index < -0.39 is 0 Å². The summed E-state index contributed by atoms with van der Waals surface area (Å²) < 4.78 is 0. The van der Waals surface area contributed by atoms with Crippen molar-refractivity contribution in [2.24, 2.45) is 0 Å². The van der Waals surface area contributed by atoms with Crippen LogP contribution in [0, 0.1) is 0 Å². The van der Waals surface area contributed by atoms with Crippen molar-refractivity contribution in [1.82, 2.24) is 0 Å². The second kappa shape index (κ2) is 14.5. The van der Waals surface area contributed by atoms with Crippen LogP contribution < -0.4 is 0 Å². The van der Waals surface area contributed by atoms with Gasteiger partial charge < -0.3 is 0 Å². The molecule has 0 fully saturated rings. The van der Waals surface area contributed by atoms with Crippen molar-refractivity contribution >= 4 is 60.3 Å². The number of fused-ring (bicyclic) bond motifs is 12. The van der Waals surface area contributed by atoms with Crippen LogP contribution in [0.25, 0.3) is 93.7 Å². The van der Waals surface area contributed by atoms with Gasteiger partial charge in [0.1, 0.15) is 0 Å². The highest BCUT2D eigenvalue weighted by molar-refractivity contribution is 6.25. The summed E-state index contributed by atoms with van der Waals surface area (Å²) in [6.45, 7) is 0. The summed E-state index contributed by atoms with van der Waals surface area (Å²) in [5, 5.41) is 10.8. The van der Waals surface area contributed by atoms with Gasteiger partial charge in [0.05, 0.1) is 0 Å². The summed E-state index contributed by atoms with van der Waals surface area (Å²) in [6.07, 6.45) is 19.0. The lowest BCUT2D eigenvalue weighted by atomic mass is 9.78. The monoisotopic (exact) mass is 766 g/mol. The lowest BCUT2D eigenvalue weighted by Gasteiger charge is -2.26. The molecule has 0 spiro atoms. The maximum atomic E-state index is 2.49. The fourth-order valence-corrected chi connectivity index (χ4v) is 10.8. The van der Waals surface area contributed by atoms with E-state index in [0.717, 1.165) is 12.8 Å². The third-order valence-corrected chi connectivity index (χ3v) is 13.9. The number of rotatable bonds is 5. The first-order valence-electron chi connectivity index (χ1n) is 22.1. The number of hydrogen-bond donors (Lipinski definition) is 0. The Bertz CT molecular complexity index is 3260. The van der Waals surface area contributed by atoms with Crippen LogP contribution in [0.1, 0.15) is 65.5 Å². The topological polar surface area (TPSA) is 0 Å². The smallest absolute Gasteiger partial charge is 0.00928 e. The highest BCUT2D eigenvalue weighted by Crippen LogP contribution is 2.42. The molecule has 9 aromatic rings. The molecule has 0 radical (unpaired) electrons. The lowest BCUT2D eigenvalue weighted by molar-refractivity contribution is 0.681. The minimum absolute atomic E-state index is 1.03. The van der Waals surface area contributed by atoms with Gasteiger partial charge in [-0.1, -0.05) is 158 Å². The van der Waals surface area contributed by atoms with Crippen LogP contribution in [0.5, 0.6) is 0 Å². The number of hydrogen-bond acceptors (Lipinski definition) is 0. The van der Waals surface area contributed by atoms with Crippen molar-refractivity contribution in [3.8, 4) is 33.4 Å². The van der Waals surface area contributed by atoms with Gasteiger partial charge in [-0.3, -0.25) is 0 Å². The molecule has 0 saturated heterocycles. The largest absolute Gasteiger partial charge is 0.0836 e. The van der Waals surface area contributed by atoms with E-state index in [0.29, 0.717) is 0 Å². The van der Waals surface area contributed by atoms with E-state index in [1.54, 1.807) is 16.7 Å².